The molecule has 4 nitrogen and oxygen atoms in total. The minimum absolute atomic E-state index is 0.823. The smallest absolute Gasteiger partial charge is 0.187 e. The van der Waals surface area contributed by atoms with Crippen LogP contribution in [0.15, 0.2) is 30.3 Å². The molecule has 0 aliphatic rings. The molecule has 0 saturated heterocycles. The molecule has 0 aliphatic heterocycles. The summed E-state index contributed by atoms with van der Waals surface area (Å²) in [7, 11) is 0. The Hall–Kier alpha value is -1.75. The summed E-state index contributed by atoms with van der Waals surface area (Å²) in [5.41, 5.74) is 1.12. The molecule has 0 aliphatic carbocycles. The van der Waals surface area contributed by atoms with Crippen LogP contribution in [0.25, 0.3) is 15.5 Å². The van der Waals surface area contributed by atoms with Gasteiger partial charge in [-0.05, 0) is 6.92 Å². The molecular formula is C10H8N4S. The fourth-order valence-corrected chi connectivity index (χ4v) is 2.30. The van der Waals surface area contributed by atoms with E-state index in [1.54, 1.807) is 15.9 Å². The van der Waals surface area contributed by atoms with Crippen LogP contribution in [0.1, 0.15) is 5.82 Å². The highest BCUT2D eigenvalue weighted by molar-refractivity contribution is 7.19. The molecule has 0 saturated carbocycles. The topological polar surface area (TPSA) is 43.1 Å². The second-order valence-corrected chi connectivity index (χ2v) is 4.17. The van der Waals surface area contributed by atoms with E-state index in [-0.39, 0.29) is 0 Å². The first-order chi connectivity index (χ1) is 7.34. The Balaban J connectivity index is 2.20. The van der Waals surface area contributed by atoms with Crippen molar-refractivity contribution in [2.45, 2.75) is 6.92 Å². The monoisotopic (exact) mass is 216 g/mol. The third-order valence-corrected chi connectivity index (χ3v) is 3.12. The zero-order valence-electron chi connectivity index (χ0n) is 8.08. The van der Waals surface area contributed by atoms with Crippen molar-refractivity contribution in [2.24, 2.45) is 0 Å². The molecular weight excluding hydrogens is 208 g/mol. The van der Waals surface area contributed by atoms with Crippen molar-refractivity contribution < 1.29 is 0 Å². The summed E-state index contributed by atoms with van der Waals surface area (Å²) in [6.45, 7) is 1.90. The van der Waals surface area contributed by atoms with E-state index in [2.05, 4.69) is 15.3 Å². The van der Waals surface area contributed by atoms with Gasteiger partial charge in [-0.15, -0.1) is 10.2 Å². The highest BCUT2D eigenvalue weighted by atomic mass is 32.1. The van der Waals surface area contributed by atoms with Gasteiger partial charge in [0, 0.05) is 5.56 Å². The number of aromatic nitrogens is 4. The minimum atomic E-state index is 0.823. The molecule has 0 amide bonds. The van der Waals surface area contributed by atoms with E-state index in [1.165, 1.54) is 0 Å². The fraction of sp³-hybridized carbons (Fsp3) is 0.100. The van der Waals surface area contributed by atoms with E-state index in [1.807, 2.05) is 37.3 Å². The second-order valence-electron chi connectivity index (χ2n) is 3.21. The molecule has 0 spiro atoms. The minimum Gasteiger partial charge on any atom is -0.187 e. The van der Waals surface area contributed by atoms with Gasteiger partial charge >= 0.3 is 0 Å². The zero-order valence-corrected chi connectivity index (χ0v) is 8.90. The Labute approximate surface area is 90.2 Å². The molecule has 74 valence electrons. The lowest BCUT2D eigenvalue weighted by Gasteiger charge is -1.92. The van der Waals surface area contributed by atoms with Crippen LogP contribution in [-0.4, -0.2) is 19.8 Å². The Morgan fingerprint density at radius 2 is 1.93 bits per heavy atom. The van der Waals surface area contributed by atoms with Crippen LogP contribution in [0.5, 0.6) is 0 Å². The van der Waals surface area contributed by atoms with E-state index in [0.717, 1.165) is 21.4 Å². The second kappa shape index (κ2) is 3.13. The summed E-state index contributed by atoms with van der Waals surface area (Å²) in [4.78, 5) is 0.839. The summed E-state index contributed by atoms with van der Waals surface area (Å²) in [5, 5.41) is 13.4. The molecule has 5 heteroatoms. The van der Waals surface area contributed by atoms with E-state index in [0.29, 0.717) is 0 Å². The van der Waals surface area contributed by atoms with Gasteiger partial charge in [-0.25, -0.2) is 0 Å². The lowest BCUT2D eigenvalue weighted by molar-refractivity contribution is 0.898. The fourth-order valence-electron chi connectivity index (χ4n) is 1.41. The van der Waals surface area contributed by atoms with Crippen LogP contribution < -0.4 is 0 Å². The number of hydrogen-bond acceptors (Lipinski definition) is 4. The molecule has 3 rings (SSSR count). The van der Waals surface area contributed by atoms with Gasteiger partial charge in [0.25, 0.3) is 0 Å². The summed E-state index contributed by atoms with van der Waals surface area (Å²) < 4.78 is 1.77. The van der Waals surface area contributed by atoms with Gasteiger partial charge in [-0.3, -0.25) is 0 Å². The van der Waals surface area contributed by atoms with Gasteiger partial charge < -0.3 is 0 Å². The van der Waals surface area contributed by atoms with Crippen molar-refractivity contribution in [3.8, 4) is 10.6 Å². The molecule has 0 unspecified atom stereocenters. The molecule has 0 radical (unpaired) electrons. The number of hydrogen-bond donors (Lipinski definition) is 0. The van der Waals surface area contributed by atoms with Gasteiger partial charge in [0.15, 0.2) is 5.82 Å². The highest BCUT2D eigenvalue weighted by Gasteiger charge is 2.09. The molecule has 2 aromatic heterocycles. The zero-order chi connectivity index (χ0) is 10.3. The summed E-state index contributed by atoms with van der Waals surface area (Å²) in [6, 6.07) is 10.1. The third-order valence-electron chi connectivity index (χ3n) is 2.17. The standard InChI is InChI=1S/C10H8N4S/c1-7-11-12-10-14(7)13-9(15-10)8-5-3-2-4-6-8/h2-6H,1H3. The predicted octanol–water partition coefficient (Wildman–Crippen LogP) is 2.16. The van der Waals surface area contributed by atoms with Gasteiger partial charge in [-0.2, -0.15) is 9.61 Å². The van der Waals surface area contributed by atoms with Gasteiger partial charge in [0.1, 0.15) is 5.01 Å². The largest absolute Gasteiger partial charge is 0.234 e. The van der Waals surface area contributed by atoms with Gasteiger partial charge in [-0.1, -0.05) is 41.7 Å². The first-order valence-electron chi connectivity index (χ1n) is 4.59. The Kier molecular flexibility index (Phi) is 1.78. The van der Waals surface area contributed by atoms with Crippen molar-refractivity contribution in [3.63, 3.8) is 0 Å². The van der Waals surface area contributed by atoms with Crippen molar-refractivity contribution in [2.75, 3.05) is 0 Å². The number of rotatable bonds is 1. The Morgan fingerprint density at radius 1 is 1.13 bits per heavy atom. The maximum absolute atomic E-state index is 4.45. The Bertz CT molecular complexity index is 596. The number of aryl methyl sites for hydroxylation is 1. The van der Waals surface area contributed by atoms with Crippen molar-refractivity contribution in [1.82, 2.24) is 19.8 Å². The average molecular weight is 216 g/mol. The number of benzene rings is 1. The van der Waals surface area contributed by atoms with Crippen LogP contribution in [0.4, 0.5) is 0 Å². The summed E-state index contributed by atoms with van der Waals surface area (Å²) in [6.07, 6.45) is 0. The summed E-state index contributed by atoms with van der Waals surface area (Å²) >= 11 is 1.55. The lowest BCUT2D eigenvalue weighted by atomic mass is 10.2. The summed E-state index contributed by atoms with van der Waals surface area (Å²) in [5.74, 6) is 0.823. The molecule has 0 fully saturated rings. The van der Waals surface area contributed by atoms with Crippen LogP contribution in [-0.2, 0) is 0 Å². The quantitative estimate of drug-likeness (QED) is 0.626. The first kappa shape index (κ1) is 8.55. The number of nitrogens with zero attached hydrogens (tertiary/aromatic N) is 4. The van der Waals surface area contributed by atoms with Crippen LogP contribution in [0.2, 0.25) is 0 Å². The Morgan fingerprint density at radius 3 is 2.67 bits per heavy atom. The van der Waals surface area contributed by atoms with E-state index in [9.17, 15) is 0 Å². The van der Waals surface area contributed by atoms with Gasteiger partial charge in [0.05, 0.1) is 0 Å². The highest BCUT2D eigenvalue weighted by Crippen LogP contribution is 2.24. The van der Waals surface area contributed by atoms with E-state index in [4.69, 9.17) is 0 Å². The number of fused-ring (bicyclic) bond motifs is 1. The van der Waals surface area contributed by atoms with Gasteiger partial charge in [0.2, 0.25) is 4.96 Å². The molecule has 15 heavy (non-hydrogen) atoms. The first-order valence-corrected chi connectivity index (χ1v) is 5.40. The molecule has 2 heterocycles. The molecule has 0 bridgehead atoms. The van der Waals surface area contributed by atoms with E-state index >= 15 is 0 Å². The third kappa shape index (κ3) is 1.32. The molecule has 1 aromatic carbocycles. The molecule has 0 N–H and O–H groups in total. The maximum Gasteiger partial charge on any atom is 0.234 e. The van der Waals surface area contributed by atoms with Crippen molar-refractivity contribution in [1.29, 1.82) is 0 Å². The lowest BCUT2D eigenvalue weighted by Crippen LogP contribution is -1.88. The van der Waals surface area contributed by atoms with Crippen LogP contribution in [0.3, 0.4) is 0 Å². The van der Waals surface area contributed by atoms with E-state index < -0.39 is 0 Å². The SMILES string of the molecule is Cc1nnc2sc(-c3ccccc3)nn12. The molecule has 3 aromatic rings. The van der Waals surface area contributed by atoms with Crippen molar-refractivity contribution >= 4 is 16.3 Å². The predicted molar refractivity (Wildman–Crippen MR) is 58.8 cm³/mol. The average Bonchev–Trinajstić information content (AvgIpc) is 2.83. The van der Waals surface area contributed by atoms with Crippen molar-refractivity contribution in [3.05, 3.63) is 36.2 Å². The molecule has 0 atom stereocenters. The maximum atomic E-state index is 4.45. The van der Waals surface area contributed by atoms with Crippen LogP contribution >= 0.6 is 11.3 Å². The normalized spacial score (nSPS) is 11.0. The van der Waals surface area contributed by atoms with Crippen LogP contribution in [0, 0.1) is 6.92 Å².